The van der Waals surface area contributed by atoms with Crippen LogP contribution in [0.15, 0.2) is 24.3 Å². The van der Waals surface area contributed by atoms with Crippen molar-refractivity contribution in [1.29, 1.82) is 0 Å². The fourth-order valence-corrected chi connectivity index (χ4v) is 2.36. The number of alkyl halides is 2. The number of piperidine rings is 1. The van der Waals surface area contributed by atoms with Gasteiger partial charge in [0.2, 0.25) is 0 Å². The molecule has 1 aliphatic heterocycles. The molecule has 110 valence electrons. The van der Waals surface area contributed by atoms with Crippen LogP contribution in [0, 0.1) is 5.92 Å². The van der Waals surface area contributed by atoms with Gasteiger partial charge in [-0.2, -0.15) is 8.78 Å². The third-order valence-corrected chi connectivity index (χ3v) is 3.59. The molecule has 1 saturated heterocycles. The van der Waals surface area contributed by atoms with Crippen molar-refractivity contribution >= 4 is 5.91 Å². The molecule has 1 fully saturated rings. The first-order valence-electron chi connectivity index (χ1n) is 6.57. The van der Waals surface area contributed by atoms with Gasteiger partial charge in [-0.3, -0.25) is 4.79 Å². The van der Waals surface area contributed by atoms with Crippen molar-refractivity contribution in [3.05, 3.63) is 29.8 Å². The highest BCUT2D eigenvalue weighted by molar-refractivity contribution is 5.97. The van der Waals surface area contributed by atoms with Crippen LogP contribution in [0.1, 0.15) is 23.7 Å². The van der Waals surface area contributed by atoms with E-state index in [0.717, 1.165) is 0 Å². The number of nitrogens with zero attached hydrogens (tertiary/aromatic N) is 1. The fraction of sp³-hybridized carbons (Fsp3) is 0.500. The molecule has 0 aliphatic carbocycles. The maximum absolute atomic E-state index is 12.4. The van der Waals surface area contributed by atoms with Crippen LogP contribution in [0.5, 0.6) is 5.75 Å². The van der Waals surface area contributed by atoms with Gasteiger partial charge in [0.1, 0.15) is 5.75 Å². The summed E-state index contributed by atoms with van der Waals surface area (Å²) in [7, 11) is 0. The minimum absolute atomic E-state index is 0.0756. The molecular weight excluding hydrogens is 266 g/mol. The van der Waals surface area contributed by atoms with Gasteiger partial charge in [-0.05, 0) is 24.5 Å². The maximum atomic E-state index is 12.4. The molecule has 2 rings (SSSR count). The molecule has 2 atom stereocenters. The lowest BCUT2D eigenvalue weighted by atomic mass is 9.94. The molecule has 1 aromatic carbocycles. The molecule has 4 nitrogen and oxygen atoms in total. The standard InChI is InChI=1S/C14H18F2N2O2/c1-9-8-18(7-6-11(9)17)13(19)10-4-2-3-5-12(10)20-14(15)16/h2-5,9,11,14H,6-8,17H2,1H3. The first-order valence-corrected chi connectivity index (χ1v) is 6.57. The van der Waals surface area contributed by atoms with Crippen LogP contribution in [0.3, 0.4) is 0 Å². The van der Waals surface area contributed by atoms with E-state index in [1.165, 1.54) is 12.1 Å². The zero-order chi connectivity index (χ0) is 14.7. The molecule has 2 N–H and O–H groups in total. The van der Waals surface area contributed by atoms with Crippen molar-refractivity contribution in [3.8, 4) is 5.75 Å². The Morgan fingerprint density at radius 1 is 1.45 bits per heavy atom. The van der Waals surface area contributed by atoms with Gasteiger partial charge in [-0.25, -0.2) is 0 Å². The van der Waals surface area contributed by atoms with Crippen molar-refractivity contribution < 1.29 is 18.3 Å². The highest BCUT2D eigenvalue weighted by Crippen LogP contribution is 2.24. The minimum Gasteiger partial charge on any atom is -0.434 e. The van der Waals surface area contributed by atoms with Crippen LogP contribution in [-0.4, -0.2) is 36.5 Å². The Balaban J connectivity index is 2.17. The molecular formula is C14H18F2N2O2. The summed E-state index contributed by atoms with van der Waals surface area (Å²) in [5.74, 6) is -0.189. The van der Waals surface area contributed by atoms with Gasteiger partial charge in [0, 0.05) is 19.1 Å². The smallest absolute Gasteiger partial charge is 0.387 e. The number of ether oxygens (including phenoxy) is 1. The summed E-state index contributed by atoms with van der Waals surface area (Å²) in [5.41, 5.74) is 6.08. The van der Waals surface area contributed by atoms with E-state index in [-0.39, 0.29) is 29.2 Å². The second-order valence-corrected chi connectivity index (χ2v) is 5.06. The van der Waals surface area contributed by atoms with Crippen molar-refractivity contribution in [2.45, 2.75) is 26.0 Å². The second-order valence-electron chi connectivity index (χ2n) is 5.06. The summed E-state index contributed by atoms with van der Waals surface area (Å²) >= 11 is 0. The number of benzene rings is 1. The highest BCUT2D eigenvalue weighted by Gasteiger charge is 2.28. The lowest BCUT2D eigenvalue weighted by Crippen LogP contribution is -2.48. The van der Waals surface area contributed by atoms with Gasteiger partial charge in [0.15, 0.2) is 0 Å². The number of carbonyl (C=O) groups is 1. The molecule has 0 bridgehead atoms. The first-order chi connectivity index (χ1) is 9.49. The molecule has 1 aromatic rings. The number of amides is 1. The SMILES string of the molecule is CC1CN(C(=O)c2ccccc2OC(F)F)CCC1N. The quantitative estimate of drug-likeness (QED) is 0.924. The highest BCUT2D eigenvalue weighted by atomic mass is 19.3. The van der Waals surface area contributed by atoms with E-state index in [0.29, 0.717) is 19.5 Å². The van der Waals surface area contributed by atoms with Crippen molar-refractivity contribution in [3.63, 3.8) is 0 Å². The van der Waals surface area contributed by atoms with Crippen LogP contribution in [0.2, 0.25) is 0 Å². The summed E-state index contributed by atoms with van der Waals surface area (Å²) in [5, 5.41) is 0. The van der Waals surface area contributed by atoms with Gasteiger partial charge in [-0.1, -0.05) is 19.1 Å². The molecule has 0 saturated carbocycles. The summed E-state index contributed by atoms with van der Waals surface area (Å²) in [6.45, 7) is 0.0971. The average molecular weight is 284 g/mol. The third kappa shape index (κ3) is 3.25. The monoisotopic (exact) mass is 284 g/mol. The number of para-hydroxylation sites is 1. The zero-order valence-electron chi connectivity index (χ0n) is 11.3. The number of carbonyl (C=O) groups excluding carboxylic acids is 1. The molecule has 1 amide bonds. The average Bonchev–Trinajstić information content (AvgIpc) is 2.41. The van der Waals surface area contributed by atoms with Crippen molar-refractivity contribution in [2.24, 2.45) is 11.7 Å². The fourth-order valence-electron chi connectivity index (χ4n) is 2.36. The lowest BCUT2D eigenvalue weighted by Gasteiger charge is -2.35. The Hall–Kier alpha value is -1.69. The summed E-state index contributed by atoms with van der Waals surface area (Å²) in [6.07, 6.45) is 0.713. The first kappa shape index (κ1) is 14.7. The predicted octanol–water partition coefficient (Wildman–Crippen LogP) is 2.10. The maximum Gasteiger partial charge on any atom is 0.387 e. The Morgan fingerprint density at radius 2 is 2.15 bits per heavy atom. The van der Waals surface area contributed by atoms with Crippen LogP contribution < -0.4 is 10.5 Å². The zero-order valence-corrected chi connectivity index (χ0v) is 11.3. The van der Waals surface area contributed by atoms with E-state index in [1.807, 2.05) is 6.92 Å². The van der Waals surface area contributed by atoms with Gasteiger partial charge < -0.3 is 15.4 Å². The van der Waals surface area contributed by atoms with E-state index < -0.39 is 6.61 Å². The molecule has 0 aromatic heterocycles. The van der Waals surface area contributed by atoms with Gasteiger partial charge in [0.25, 0.3) is 5.91 Å². The topological polar surface area (TPSA) is 55.6 Å². The lowest BCUT2D eigenvalue weighted by molar-refractivity contribution is -0.0503. The van der Waals surface area contributed by atoms with Gasteiger partial charge >= 0.3 is 6.61 Å². The molecule has 20 heavy (non-hydrogen) atoms. The van der Waals surface area contributed by atoms with Gasteiger partial charge in [0.05, 0.1) is 5.56 Å². The molecule has 6 heteroatoms. The number of hydrogen-bond donors (Lipinski definition) is 1. The van der Waals surface area contributed by atoms with Crippen LogP contribution in [0.4, 0.5) is 8.78 Å². The Labute approximate surface area is 116 Å². The van der Waals surface area contributed by atoms with Crippen molar-refractivity contribution in [2.75, 3.05) is 13.1 Å². The van der Waals surface area contributed by atoms with Crippen LogP contribution >= 0.6 is 0 Å². The normalized spacial score (nSPS) is 22.9. The largest absolute Gasteiger partial charge is 0.434 e. The van der Waals surface area contributed by atoms with E-state index in [1.54, 1.807) is 17.0 Å². The van der Waals surface area contributed by atoms with Crippen LogP contribution in [0.25, 0.3) is 0 Å². The Bertz CT molecular complexity index is 482. The van der Waals surface area contributed by atoms with Crippen LogP contribution in [-0.2, 0) is 0 Å². The van der Waals surface area contributed by atoms with E-state index in [2.05, 4.69) is 4.74 Å². The van der Waals surface area contributed by atoms with Crippen molar-refractivity contribution in [1.82, 2.24) is 4.90 Å². The molecule has 0 spiro atoms. The Kier molecular flexibility index (Phi) is 4.54. The molecule has 0 radical (unpaired) electrons. The van der Waals surface area contributed by atoms with E-state index in [9.17, 15) is 13.6 Å². The third-order valence-electron chi connectivity index (χ3n) is 3.59. The predicted molar refractivity (Wildman–Crippen MR) is 70.7 cm³/mol. The Morgan fingerprint density at radius 3 is 2.80 bits per heavy atom. The molecule has 1 heterocycles. The summed E-state index contributed by atoms with van der Waals surface area (Å²) in [6, 6.07) is 6.14. The summed E-state index contributed by atoms with van der Waals surface area (Å²) in [4.78, 5) is 14.1. The number of hydrogen-bond acceptors (Lipinski definition) is 3. The summed E-state index contributed by atoms with van der Waals surface area (Å²) < 4.78 is 29.1. The minimum atomic E-state index is -2.95. The van der Waals surface area contributed by atoms with Gasteiger partial charge in [-0.15, -0.1) is 0 Å². The number of rotatable bonds is 3. The van der Waals surface area contributed by atoms with E-state index in [4.69, 9.17) is 5.73 Å². The number of likely N-dealkylation sites (tertiary alicyclic amines) is 1. The molecule has 1 aliphatic rings. The molecule has 2 unspecified atom stereocenters. The second kappa shape index (κ2) is 6.17. The number of nitrogens with two attached hydrogens (primary N) is 1. The number of halogens is 2. The van der Waals surface area contributed by atoms with E-state index >= 15 is 0 Å².